The van der Waals surface area contributed by atoms with Crippen LogP contribution in [0.1, 0.15) is 41.6 Å². The largest absolute Gasteiger partial charge is 0.354 e. The fourth-order valence-corrected chi connectivity index (χ4v) is 4.19. The summed E-state index contributed by atoms with van der Waals surface area (Å²) in [7, 11) is 0. The van der Waals surface area contributed by atoms with E-state index in [0.29, 0.717) is 24.6 Å². The number of benzene rings is 1. The fraction of sp³-hybridized carbons (Fsp3) is 0.500. The molecular weight excluding hydrogens is 366 g/mol. The minimum Gasteiger partial charge on any atom is -0.354 e. The van der Waals surface area contributed by atoms with E-state index in [2.05, 4.69) is 15.7 Å². The van der Waals surface area contributed by atoms with Crippen LogP contribution in [0.3, 0.4) is 0 Å². The molecule has 2 fully saturated rings. The molecule has 2 saturated heterocycles. The van der Waals surface area contributed by atoms with Crippen LogP contribution in [0.25, 0.3) is 5.69 Å². The molecular formula is C22H29N5O2. The molecule has 7 heteroatoms. The lowest BCUT2D eigenvalue weighted by Gasteiger charge is -2.33. The average Bonchev–Trinajstić information content (AvgIpc) is 3.44. The van der Waals surface area contributed by atoms with Crippen molar-refractivity contribution in [3.63, 3.8) is 0 Å². The molecule has 1 aromatic carbocycles. The molecule has 3 heterocycles. The Hall–Kier alpha value is -2.67. The maximum absolute atomic E-state index is 13.0. The van der Waals surface area contributed by atoms with Crippen LogP contribution in [0.4, 0.5) is 0 Å². The second-order valence-corrected chi connectivity index (χ2v) is 8.16. The van der Waals surface area contributed by atoms with Gasteiger partial charge in [-0.2, -0.15) is 5.10 Å². The molecule has 0 bridgehead atoms. The summed E-state index contributed by atoms with van der Waals surface area (Å²) in [5.41, 5.74) is 2.73. The Morgan fingerprint density at radius 3 is 2.72 bits per heavy atom. The third-order valence-electron chi connectivity index (χ3n) is 5.84. The second kappa shape index (κ2) is 8.78. The van der Waals surface area contributed by atoms with E-state index in [1.807, 2.05) is 53.2 Å². The number of piperidine rings is 1. The van der Waals surface area contributed by atoms with Crippen molar-refractivity contribution < 1.29 is 9.59 Å². The van der Waals surface area contributed by atoms with Crippen LogP contribution in [-0.2, 0) is 4.79 Å². The molecule has 29 heavy (non-hydrogen) atoms. The van der Waals surface area contributed by atoms with E-state index in [0.717, 1.165) is 50.0 Å². The van der Waals surface area contributed by atoms with Gasteiger partial charge in [-0.1, -0.05) is 0 Å². The smallest absolute Gasteiger partial charge is 0.253 e. The quantitative estimate of drug-likeness (QED) is 0.811. The number of nitrogens with one attached hydrogen (secondary N) is 2. The molecule has 2 aromatic rings. The molecule has 2 aliphatic rings. The van der Waals surface area contributed by atoms with Crippen LogP contribution < -0.4 is 10.6 Å². The molecule has 0 saturated carbocycles. The summed E-state index contributed by atoms with van der Waals surface area (Å²) < 4.78 is 1.81. The zero-order valence-corrected chi connectivity index (χ0v) is 16.9. The topological polar surface area (TPSA) is 79.3 Å². The molecule has 0 radical (unpaired) electrons. The summed E-state index contributed by atoms with van der Waals surface area (Å²) in [5.74, 6) is 0.460. The van der Waals surface area contributed by atoms with Crippen molar-refractivity contribution in [2.45, 2.75) is 38.6 Å². The standard InChI is InChI=1S/C22H29N5O2/c1-16-12-25-27(14-16)19-8-6-18(7-9-19)22(29)26-11-3-4-17(15-26)13-24-21(28)20-5-2-10-23-20/h6-9,12,14,17,20,23H,2-5,10-11,13,15H2,1H3,(H,24,28). The van der Waals surface area contributed by atoms with Crippen molar-refractivity contribution in [2.75, 3.05) is 26.2 Å². The SMILES string of the molecule is Cc1cnn(-c2ccc(C(=O)N3CCCC(CNC(=O)C4CCCN4)C3)cc2)c1. The minimum atomic E-state index is -0.0478. The summed E-state index contributed by atoms with van der Waals surface area (Å²) in [6.07, 6.45) is 7.76. The van der Waals surface area contributed by atoms with Gasteiger partial charge in [-0.05, 0) is 74.9 Å². The Bertz CT molecular complexity index is 854. The number of carbonyl (C=O) groups excluding carboxylic acids is 2. The van der Waals surface area contributed by atoms with Gasteiger partial charge in [-0.15, -0.1) is 0 Å². The Labute approximate surface area is 171 Å². The maximum atomic E-state index is 13.0. The van der Waals surface area contributed by atoms with Crippen LogP contribution in [-0.4, -0.2) is 58.7 Å². The van der Waals surface area contributed by atoms with Gasteiger partial charge in [-0.25, -0.2) is 4.68 Å². The normalized spacial score (nSPS) is 21.9. The zero-order chi connectivity index (χ0) is 20.2. The van der Waals surface area contributed by atoms with Crippen LogP contribution in [0.5, 0.6) is 0 Å². The molecule has 2 amide bonds. The van der Waals surface area contributed by atoms with Gasteiger partial charge < -0.3 is 15.5 Å². The third-order valence-corrected chi connectivity index (χ3v) is 5.84. The molecule has 0 aliphatic carbocycles. The Balaban J connectivity index is 1.32. The molecule has 154 valence electrons. The number of amides is 2. The minimum absolute atomic E-state index is 0.0478. The van der Waals surface area contributed by atoms with Crippen LogP contribution in [0.2, 0.25) is 0 Å². The van der Waals surface area contributed by atoms with Gasteiger partial charge in [0, 0.05) is 31.4 Å². The number of likely N-dealkylation sites (tertiary alicyclic amines) is 1. The lowest BCUT2D eigenvalue weighted by Crippen LogP contribution is -2.46. The molecule has 0 spiro atoms. The van der Waals surface area contributed by atoms with E-state index in [9.17, 15) is 9.59 Å². The number of nitrogens with zero attached hydrogens (tertiary/aromatic N) is 3. The van der Waals surface area contributed by atoms with Crippen molar-refractivity contribution in [1.82, 2.24) is 25.3 Å². The van der Waals surface area contributed by atoms with Crippen molar-refractivity contribution >= 4 is 11.8 Å². The van der Waals surface area contributed by atoms with Gasteiger partial charge in [0.25, 0.3) is 5.91 Å². The van der Waals surface area contributed by atoms with Crippen LogP contribution >= 0.6 is 0 Å². The number of aromatic nitrogens is 2. The predicted octanol–water partition coefficient (Wildman–Crippen LogP) is 1.90. The van der Waals surface area contributed by atoms with Gasteiger partial charge in [0.1, 0.15) is 0 Å². The van der Waals surface area contributed by atoms with Crippen molar-refractivity contribution in [3.05, 3.63) is 47.8 Å². The number of rotatable bonds is 5. The van der Waals surface area contributed by atoms with E-state index < -0.39 is 0 Å². The van der Waals surface area contributed by atoms with Crippen molar-refractivity contribution in [3.8, 4) is 5.69 Å². The van der Waals surface area contributed by atoms with Gasteiger partial charge in [0.05, 0.1) is 17.9 Å². The number of hydrogen-bond donors (Lipinski definition) is 2. The molecule has 2 aliphatic heterocycles. The highest BCUT2D eigenvalue weighted by molar-refractivity contribution is 5.94. The fourth-order valence-electron chi connectivity index (χ4n) is 4.19. The van der Waals surface area contributed by atoms with E-state index in [4.69, 9.17) is 0 Å². The number of carbonyl (C=O) groups is 2. The summed E-state index contributed by atoms with van der Waals surface area (Å²) in [4.78, 5) is 27.1. The zero-order valence-electron chi connectivity index (χ0n) is 16.9. The third kappa shape index (κ3) is 4.67. The lowest BCUT2D eigenvalue weighted by atomic mass is 9.97. The van der Waals surface area contributed by atoms with E-state index in [-0.39, 0.29) is 17.9 Å². The Kier molecular flexibility index (Phi) is 5.94. The average molecular weight is 396 g/mol. The predicted molar refractivity (Wildman–Crippen MR) is 111 cm³/mol. The van der Waals surface area contributed by atoms with Crippen molar-refractivity contribution in [1.29, 1.82) is 0 Å². The number of hydrogen-bond acceptors (Lipinski definition) is 4. The molecule has 2 atom stereocenters. The number of aryl methyl sites for hydroxylation is 1. The monoisotopic (exact) mass is 395 g/mol. The van der Waals surface area contributed by atoms with Crippen LogP contribution in [0, 0.1) is 12.8 Å². The molecule has 2 unspecified atom stereocenters. The molecule has 7 nitrogen and oxygen atoms in total. The maximum Gasteiger partial charge on any atom is 0.253 e. The van der Waals surface area contributed by atoms with E-state index in [1.54, 1.807) is 0 Å². The first-order valence-electron chi connectivity index (χ1n) is 10.5. The first-order chi connectivity index (χ1) is 14.1. The summed E-state index contributed by atoms with van der Waals surface area (Å²) in [6.45, 7) is 5.02. The first-order valence-corrected chi connectivity index (χ1v) is 10.5. The Morgan fingerprint density at radius 2 is 2.03 bits per heavy atom. The highest BCUT2D eigenvalue weighted by Crippen LogP contribution is 2.19. The van der Waals surface area contributed by atoms with Gasteiger partial charge in [-0.3, -0.25) is 9.59 Å². The van der Waals surface area contributed by atoms with Crippen LogP contribution in [0.15, 0.2) is 36.7 Å². The van der Waals surface area contributed by atoms with E-state index >= 15 is 0 Å². The van der Waals surface area contributed by atoms with Gasteiger partial charge in [0.2, 0.25) is 5.91 Å². The highest BCUT2D eigenvalue weighted by atomic mass is 16.2. The Morgan fingerprint density at radius 1 is 1.21 bits per heavy atom. The van der Waals surface area contributed by atoms with Crippen molar-refractivity contribution in [2.24, 2.45) is 5.92 Å². The summed E-state index contributed by atoms with van der Waals surface area (Å²) >= 11 is 0. The summed E-state index contributed by atoms with van der Waals surface area (Å²) in [5, 5.41) is 10.6. The molecule has 2 N–H and O–H groups in total. The second-order valence-electron chi connectivity index (χ2n) is 8.16. The lowest BCUT2D eigenvalue weighted by molar-refractivity contribution is -0.123. The van der Waals surface area contributed by atoms with E-state index in [1.165, 1.54) is 0 Å². The van der Waals surface area contributed by atoms with Gasteiger partial charge in [0.15, 0.2) is 0 Å². The first kappa shape index (κ1) is 19.6. The highest BCUT2D eigenvalue weighted by Gasteiger charge is 2.27. The molecule has 1 aromatic heterocycles. The molecule has 4 rings (SSSR count). The summed E-state index contributed by atoms with van der Waals surface area (Å²) in [6, 6.07) is 7.54. The van der Waals surface area contributed by atoms with Gasteiger partial charge >= 0.3 is 0 Å².